The van der Waals surface area contributed by atoms with Crippen LogP contribution in [0.15, 0.2) is 188 Å². The van der Waals surface area contributed by atoms with Gasteiger partial charge in [-0.2, -0.15) is 0 Å². The lowest BCUT2D eigenvalue weighted by molar-refractivity contribution is 0.590. The van der Waals surface area contributed by atoms with Crippen molar-refractivity contribution in [2.45, 2.75) is 26.2 Å². The predicted molar refractivity (Wildman–Crippen MR) is 248 cm³/mol. The molecule has 0 unspecified atom stereocenters. The summed E-state index contributed by atoms with van der Waals surface area (Å²) in [6.45, 7) is 6.84. The van der Waals surface area contributed by atoms with Crippen molar-refractivity contribution in [1.29, 1.82) is 0 Å². The summed E-state index contributed by atoms with van der Waals surface area (Å²) in [6.07, 6.45) is 0. The molecular weight excluding hydrogens is 697 g/mol. The molecule has 58 heavy (non-hydrogen) atoms. The van der Waals surface area contributed by atoms with Crippen LogP contribution in [0.25, 0.3) is 121 Å². The standard InChI is InChI=1S/C58H40/c1-58(2,3)41-27-23-35(24-28-41)39-25-30-47-51(33-39)54(38-15-8-5-9-16-38)56-48-22-12-21-44-42(31-32-49(55(44)48)57(56)53(47)37-13-6-4-7-14-37)40-26-29-43-45-19-10-17-36-18-11-20-46(52(36)45)50(43)34-40/h4-34H,1-3H3. The Labute approximate surface area is 339 Å². The quantitative estimate of drug-likeness (QED) is 0.169. The molecule has 0 amide bonds. The summed E-state index contributed by atoms with van der Waals surface area (Å²) in [5, 5.41) is 7.85. The Morgan fingerprint density at radius 1 is 0.276 bits per heavy atom. The van der Waals surface area contributed by atoms with Gasteiger partial charge in [0.15, 0.2) is 0 Å². The molecule has 10 aromatic rings. The molecule has 0 aliphatic heterocycles. The van der Waals surface area contributed by atoms with Crippen LogP contribution < -0.4 is 0 Å². The Bertz CT molecular complexity index is 3320. The molecule has 0 bridgehead atoms. The summed E-state index contributed by atoms with van der Waals surface area (Å²) in [7, 11) is 0. The van der Waals surface area contributed by atoms with E-state index in [1.165, 1.54) is 127 Å². The van der Waals surface area contributed by atoms with Gasteiger partial charge in [-0.3, -0.25) is 0 Å². The first-order chi connectivity index (χ1) is 28.4. The van der Waals surface area contributed by atoms with Crippen molar-refractivity contribution in [3.63, 3.8) is 0 Å². The lowest BCUT2D eigenvalue weighted by atomic mass is 9.81. The average Bonchev–Trinajstić information content (AvgIpc) is 3.77. The topological polar surface area (TPSA) is 0 Å². The molecule has 0 N–H and O–H groups in total. The van der Waals surface area contributed by atoms with E-state index in [0.29, 0.717) is 0 Å². The monoisotopic (exact) mass is 736 g/mol. The minimum atomic E-state index is 0.102. The Balaban J connectivity index is 1.13. The van der Waals surface area contributed by atoms with Crippen LogP contribution in [0, 0.1) is 0 Å². The normalized spacial score (nSPS) is 12.4. The molecule has 0 fully saturated rings. The highest BCUT2D eigenvalue weighted by atomic mass is 14.3. The molecular formula is C58H40. The van der Waals surface area contributed by atoms with E-state index >= 15 is 0 Å². The number of hydrogen-bond donors (Lipinski definition) is 0. The third-order valence-electron chi connectivity index (χ3n) is 12.9. The van der Waals surface area contributed by atoms with Crippen LogP contribution in [-0.4, -0.2) is 0 Å². The van der Waals surface area contributed by atoms with E-state index in [2.05, 4.69) is 209 Å². The Kier molecular flexibility index (Phi) is 7.00. The molecule has 0 heterocycles. The van der Waals surface area contributed by atoms with E-state index in [-0.39, 0.29) is 5.41 Å². The van der Waals surface area contributed by atoms with E-state index < -0.39 is 0 Å². The molecule has 0 saturated heterocycles. The fourth-order valence-corrected chi connectivity index (χ4v) is 10.2. The summed E-state index contributed by atoms with van der Waals surface area (Å²) in [5.41, 5.74) is 22.1. The number of fused-ring (bicyclic) bond motifs is 7. The number of hydrogen-bond acceptors (Lipinski definition) is 0. The van der Waals surface area contributed by atoms with Gasteiger partial charge in [-0.1, -0.05) is 197 Å². The molecule has 12 rings (SSSR count). The molecule has 0 aromatic heterocycles. The largest absolute Gasteiger partial charge is 0.0622 e. The molecule has 272 valence electrons. The highest BCUT2D eigenvalue weighted by molar-refractivity contribution is 6.29. The molecule has 2 aliphatic carbocycles. The van der Waals surface area contributed by atoms with Crippen molar-refractivity contribution in [1.82, 2.24) is 0 Å². The second kappa shape index (κ2) is 12.2. The summed E-state index contributed by atoms with van der Waals surface area (Å²) in [5.74, 6) is 0. The van der Waals surface area contributed by atoms with Gasteiger partial charge in [0, 0.05) is 0 Å². The van der Waals surface area contributed by atoms with Gasteiger partial charge in [0.1, 0.15) is 0 Å². The fourth-order valence-electron chi connectivity index (χ4n) is 10.2. The van der Waals surface area contributed by atoms with E-state index in [4.69, 9.17) is 0 Å². The summed E-state index contributed by atoms with van der Waals surface area (Å²) < 4.78 is 0. The maximum atomic E-state index is 2.45. The molecule has 0 saturated carbocycles. The second-order valence-electron chi connectivity index (χ2n) is 17.2. The van der Waals surface area contributed by atoms with Crippen molar-refractivity contribution in [3.05, 3.63) is 194 Å². The van der Waals surface area contributed by atoms with Crippen LogP contribution >= 0.6 is 0 Å². The zero-order chi connectivity index (χ0) is 38.7. The first-order valence-corrected chi connectivity index (χ1v) is 20.5. The van der Waals surface area contributed by atoms with E-state index in [9.17, 15) is 0 Å². The van der Waals surface area contributed by atoms with Crippen molar-refractivity contribution in [2.75, 3.05) is 0 Å². The van der Waals surface area contributed by atoms with Gasteiger partial charge in [0.25, 0.3) is 0 Å². The fraction of sp³-hybridized carbons (Fsp3) is 0.0690. The van der Waals surface area contributed by atoms with Gasteiger partial charge in [0.2, 0.25) is 0 Å². The summed E-state index contributed by atoms with van der Waals surface area (Å²) >= 11 is 0. The number of benzene rings is 10. The molecule has 0 spiro atoms. The average molecular weight is 737 g/mol. The molecule has 0 heteroatoms. The predicted octanol–water partition coefficient (Wildman–Crippen LogP) is 16.4. The smallest absolute Gasteiger partial charge is 0.000741 e. The van der Waals surface area contributed by atoms with Crippen LogP contribution in [0.5, 0.6) is 0 Å². The molecule has 10 aromatic carbocycles. The first-order valence-electron chi connectivity index (χ1n) is 20.5. The molecule has 0 atom stereocenters. The van der Waals surface area contributed by atoms with Crippen LogP contribution in [0.2, 0.25) is 0 Å². The van der Waals surface area contributed by atoms with Gasteiger partial charge in [-0.05, 0) is 144 Å². The zero-order valence-corrected chi connectivity index (χ0v) is 32.9. The van der Waals surface area contributed by atoms with Crippen molar-refractivity contribution in [3.8, 4) is 89.0 Å². The third kappa shape index (κ3) is 4.76. The molecule has 0 radical (unpaired) electrons. The maximum Gasteiger partial charge on any atom is -0.000741 e. The molecule has 2 aliphatic rings. The Morgan fingerprint density at radius 2 is 0.828 bits per heavy atom. The van der Waals surface area contributed by atoms with E-state index in [1.807, 2.05) is 0 Å². The SMILES string of the molecule is CC(C)(C)c1ccc(-c2ccc3c(-c4ccccc4)c4c(c(-c5ccccc5)c3c2)-c2cccc3c(-c5ccc6c(c5)-c5cccc7cccc-6c57)ccc-4c23)cc1. The van der Waals surface area contributed by atoms with Crippen LogP contribution in [0.4, 0.5) is 0 Å². The van der Waals surface area contributed by atoms with Crippen LogP contribution in [0.3, 0.4) is 0 Å². The maximum absolute atomic E-state index is 2.45. The van der Waals surface area contributed by atoms with Gasteiger partial charge < -0.3 is 0 Å². The van der Waals surface area contributed by atoms with Gasteiger partial charge in [-0.25, -0.2) is 0 Å². The molecule has 0 nitrogen and oxygen atoms in total. The van der Waals surface area contributed by atoms with Crippen molar-refractivity contribution >= 4 is 32.3 Å². The lowest BCUT2D eigenvalue weighted by Gasteiger charge is -2.21. The van der Waals surface area contributed by atoms with Gasteiger partial charge in [-0.15, -0.1) is 0 Å². The first kappa shape index (κ1) is 33.2. The van der Waals surface area contributed by atoms with E-state index in [0.717, 1.165) is 0 Å². The van der Waals surface area contributed by atoms with Crippen molar-refractivity contribution < 1.29 is 0 Å². The Hall–Kier alpha value is -7.02. The highest BCUT2D eigenvalue weighted by Gasteiger charge is 2.32. The number of rotatable bonds is 4. The van der Waals surface area contributed by atoms with Gasteiger partial charge in [0.05, 0.1) is 0 Å². The van der Waals surface area contributed by atoms with Crippen molar-refractivity contribution in [2.24, 2.45) is 0 Å². The van der Waals surface area contributed by atoms with Crippen LogP contribution in [0.1, 0.15) is 26.3 Å². The minimum Gasteiger partial charge on any atom is -0.0622 e. The zero-order valence-electron chi connectivity index (χ0n) is 32.9. The summed E-state index contributed by atoms with van der Waals surface area (Å²) in [6, 6.07) is 70.8. The third-order valence-corrected chi connectivity index (χ3v) is 12.9. The van der Waals surface area contributed by atoms with Crippen LogP contribution in [-0.2, 0) is 5.41 Å². The highest BCUT2D eigenvalue weighted by Crippen LogP contribution is 2.59. The van der Waals surface area contributed by atoms with Gasteiger partial charge >= 0.3 is 0 Å². The van der Waals surface area contributed by atoms with E-state index in [1.54, 1.807) is 0 Å². The summed E-state index contributed by atoms with van der Waals surface area (Å²) in [4.78, 5) is 0. The second-order valence-corrected chi connectivity index (χ2v) is 17.2. The Morgan fingerprint density at radius 3 is 1.52 bits per heavy atom. The minimum absolute atomic E-state index is 0.102. The lowest BCUT2D eigenvalue weighted by Crippen LogP contribution is -2.10.